The van der Waals surface area contributed by atoms with Crippen molar-refractivity contribution in [3.05, 3.63) is 12.2 Å². The molecule has 2 nitrogen and oxygen atoms in total. The van der Waals surface area contributed by atoms with Gasteiger partial charge in [0.15, 0.2) is 0 Å². The molecule has 2 rings (SSSR count). The summed E-state index contributed by atoms with van der Waals surface area (Å²) in [6.45, 7) is 13.0. The van der Waals surface area contributed by atoms with E-state index >= 15 is 0 Å². The highest BCUT2D eigenvalue weighted by atomic mass is 16.5. The normalized spacial score (nSPS) is 37.5. The zero-order chi connectivity index (χ0) is 16.4. The van der Waals surface area contributed by atoms with Crippen LogP contribution in [0.5, 0.6) is 0 Å². The van der Waals surface area contributed by atoms with Gasteiger partial charge < -0.3 is 9.84 Å². The molecule has 0 aromatic heterocycles. The first-order chi connectivity index (χ1) is 10.2. The van der Waals surface area contributed by atoms with Gasteiger partial charge in [-0.15, -0.1) is 0 Å². The summed E-state index contributed by atoms with van der Waals surface area (Å²) in [6, 6.07) is 0. The predicted octanol–water partition coefficient (Wildman–Crippen LogP) is 4.82. The molecular weight excluding hydrogens is 272 g/mol. The lowest BCUT2D eigenvalue weighted by molar-refractivity contribution is -0.0360. The van der Waals surface area contributed by atoms with Gasteiger partial charge in [0.1, 0.15) is 0 Å². The summed E-state index contributed by atoms with van der Waals surface area (Å²) in [6.07, 6.45) is 10.3. The maximum atomic E-state index is 10.3. The third-order valence-electron chi connectivity index (χ3n) is 6.06. The highest BCUT2D eigenvalue weighted by molar-refractivity contribution is 5.01. The monoisotopic (exact) mass is 308 g/mol. The average Bonchev–Trinajstić information content (AvgIpc) is 2.75. The molecule has 2 saturated carbocycles. The fourth-order valence-corrected chi connectivity index (χ4v) is 4.96. The first-order valence-corrected chi connectivity index (χ1v) is 9.17. The Labute approximate surface area is 137 Å². The van der Waals surface area contributed by atoms with Crippen LogP contribution in [0.2, 0.25) is 0 Å². The molecule has 22 heavy (non-hydrogen) atoms. The first-order valence-electron chi connectivity index (χ1n) is 9.17. The zero-order valence-corrected chi connectivity index (χ0v) is 15.3. The molecule has 0 amide bonds. The molecule has 0 heterocycles. The SMILES string of the molecule is C[C@H](COC/C=C/C(C)(C)C)[C@H]1CC[C@H]2[C@@H](O)CCC[C@]12C. The van der Waals surface area contributed by atoms with Gasteiger partial charge in [0, 0.05) is 6.61 Å². The van der Waals surface area contributed by atoms with Crippen LogP contribution in [0.4, 0.5) is 0 Å². The average molecular weight is 309 g/mol. The summed E-state index contributed by atoms with van der Waals surface area (Å²) in [5, 5.41) is 10.3. The predicted molar refractivity (Wildman–Crippen MR) is 92.8 cm³/mol. The molecule has 0 aromatic rings. The molecule has 2 fully saturated rings. The standard InChI is InChI=1S/C20H36O2/c1-15(14-22-13-7-11-19(2,3)4)16-9-10-17-18(21)8-6-12-20(16,17)5/h7,11,15-18,21H,6,8-10,12-14H2,1-5H3/b11-7+/t15-,16-,17+,18+,20-/m1/s1. The fraction of sp³-hybridized carbons (Fsp3) is 0.900. The van der Waals surface area contributed by atoms with E-state index in [4.69, 9.17) is 4.74 Å². The van der Waals surface area contributed by atoms with Crippen molar-refractivity contribution in [2.24, 2.45) is 28.6 Å². The van der Waals surface area contributed by atoms with Gasteiger partial charge in [0.25, 0.3) is 0 Å². The van der Waals surface area contributed by atoms with E-state index in [1.54, 1.807) is 0 Å². The number of allylic oxidation sites excluding steroid dienone is 1. The Balaban J connectivity index is 1.83. The van der Waals surface area contributed by atoms with E-state index < -0.39 is 0 Å². The maximum absolute atomic E-state index is 10.3. The minimum absolute atomic E-state index is 0.0633. The van der Waals surface area contributed by atoms with E-state index in [9.17, 15) is 5.11 Å². The summed E-state index contributed by atoms with van der Waals surface area (Å²) in [4.78, 5) is 0. The van der Waals surface area contributed by atoms with Crippen LogP contribution in [-0.2, 0) is 4.74 Å². The summed E-state index contributed by atoms with van der Waals surface area (Å²) < 4.78 is 5.91. The molecule has 0 bridgehead atoms. The van der Waals surface area contributed by atoms with Gasteiger partial charge >= 0.3 is 0 Å². The number of fused-ring (bicyclic) bond motifs is 1. The summed E-state index contributed by atoms with van der Waals surface area (Å²) >= 11 is 0. The van der Waals surface area contributed by atoms with Gasteiger partial charge in [-0.25, -0.2) is 0 Å². The minimum atomic E-state index is -0.0633. The van der Waals surface area contributed by atoms with E-state index in [0.717, 1.165) is 19.6 Å². The number of hydrogen-bond donors (Lipinski definition) is 1. The summed E-state index contributed by atoms with van der Waals surface area (Å²) in [5.41, 5.74) is 0.570. The number of rotatable bonds is 5. The summed E-state index contributed by atoms with van der Waals surface area (Å²) in [7, 11) is 0. The third kappa shape index (κ3) is 4.14. The Morgan fingerprint density at radius 2 is 2.00 bits per heavy atom. The molecule has 1 N–H and O–H groups in total. The quantitative estimate of drug-likeness (QED) is 0.583. The maximum Gasteiger partial charge on any atom is 0.0647 e. The van der Waals surface area contributed by atoms with Gasteiger partial charge in [-0.1, -0.05) is 53.2 Å². The molecule has 2 heteroatoms. The van der Waals surface area contributed by atoms with Gasteiger partial charge in [-0.2, -0.15) is 0 Å². The molecule has 2 aliphatic carbocycles. The molecular formula is C20H36O2. The van der Waals surface area contributed by atoms with E-state index in [2.05, 4.69) is 46.8 Å². The fourth-order valence-electron chi connectivity index (χ4n) is 4.96. The van der Waals surface area contributed by atoms with Crippen molar-refractivity contribution < 1.29 is 9.84 Å². The van der Waals surface area contributed by atoms with Gasteiger partial charge in [-0.3, -0.25) is 0 Å². The Morgan fingerprint density at radius 1 is 1.27 bits per heavy atom. The highest BCUT2D eigenvalue weighted by Gasteiger charge is 2.52. The molecule has 5 atom stereocenters. The minimum Gasteiger partial charge on any atom is -0.393 e. The van der Waals surface area contributed by atoms with Crippen LogP contribution in [0.15, 0.2) is 12.2 Å². The number of hydrogen-bond acceptors (Lipinski definition) is 2. The molecule has 0 aromatic carbocycles. The van der Waals surface area contributed by atoms with Gasteiger partial charge in [0.05, 0.1) is 12.7 Å². The molecule has 0 spiro atoms. The Kier molecular flexibility index (Phi) is 5.77. The number of aliphatic hydroxyl groups is 1. The van der Waals surface area contributed by atoms with Crippen molar-refractivity contribution in [2.75, 3.05) is 13.2 Å². The van der Waals surface area contributed by atoms with Crippen LogP contribution in [0.1, 0.15) is 66.7 Å². The Bertz CT molecular complexity index is 382. The van der Waals surface area contributed by atoms with Crippen LogP contribution in [-0.4, -0.2) is 24.4 Å². The van der Waals surface area contributed by atoms with Gasteiger partial charge in [-0.05, 0) is 54.3 Å². The van der Waals surface area contributed by atoms with Crippen LogP contribution in [0.25, 0.3) is 0 Å². The third-order valence-corrected chi connectivity index (χ3v) is 6.06. The van der Waals surface area contributed by atoms with E-state index in [-0.39, 0.29) is 11.5 Å². The van der Waals surface area contributed by atoms with Crippen LogP contribution in [0, 0.1) is 28.6 Å². The second-order valence-corrected chi connectivity index (χ2v) is 9.04. The van der Waals surface area contributed by atoms with Crippen LogP contribution < -0.4 is 0 Å². The number of aliphatic hydroxyl groups excluding tert-OH is 1. The van der Waals surface area contributed by atoms with E-state index in [1.807, 2.05) is 0 Å². The van der Waals surface area contributed by atoms with Crippen molar-refractivity contribution in [2.45, 2.75) is 72.8 Å². The summed E-state index contributed by atoms with van der Waals surface area (Å²) in [5.74, 6) is 1.82. The molecule has 0 aliphatic heterocycles. The first kappa shape index (κ1) is 18.0. The lowest BCUT2D eigenvalue weighted by atomic mass is 9.62. The van der Waals surface area contributed by atoms with Crippen molar-refractivity contribution in [1.82, 2.24) is 0 Å². The lowest BCUT2D eigenvalue weighted by Gasteiger charge is -2.45. The van der Waals surface area contributed by atoms with E-state index in [0.29, 0.717) is 23.2 Å². The largest absolute Gasteiger partial charge is 0.393 e. The molecule has 128 valence electrons. The van der Waals surface area contributed by atoms with Crippen LogP contribution in [0.3, 0.4) is 0 Å². The second-order valence-electron chi connectivity index (χ2n) is 9.04. The Morgan fingerprint density at radius 3 is 2.68 bits per heavy atom. The van der Waals surface area contributed by atoms with Crippen molar-refractivity contribution >= 4 is 0 Å². The van der Waals surface area contributed by atoms with E-state index in [1.165, 1.54) is 25.7 Å². The van der Waals surface area contributed by atoms with Crippen molar-refractivity contribution in [3.63, 3.8) is 0 Å². The Hall–Kier alpha value is -0.340. The van der Waals surface area contributed by atoms with Crippen LogP contribution >= 0.6 is 0 Å². The second kappa shape index (κ2) is 7.05. The lowest BCUT2D eigenvalue weighted by Crippen LogP contribution is -2.42. The smallest absolute Gasteiger partial charge is 0.0647 e. The number of ether oxygens (including phenoxy) is 1. The van der Waals surface area contributed by atoms with Gasteiger partial charge in [0.2, 0.25) is 0 Å². The molecule has 2 aliphatic rings. The van der Waals surface area contributed by atoms with Crippen molar-refractivity contribution in [3.8, 4) is 0 Å². The molecule has 0 unspecified atom stereocenters. The van der Waals surface area contributed by atoms with Crippen molar-refractivity contribution in [1.29, 1.82) is 0 Å². The molecule has 0 saturated heterocycles. The highest BCUT2D eigenvalue weighted by Crippen LogP contribution is 2.57. The zero-order valence-electron chi connectivity index (χ0n) is 15.3. The topological polar surface area (TPSA) is 29.5 Å². The molecule has 0 radical (unpaired) electrons.